The summed E-state index contributed by atoms with van der Waals surface area (Å²) in [6.45, 7) is 5.46. The predicted octanol–water partition coefficient (Wildman–Crippen LogP) is 2.09. The number of thioether (sulfide) groups is 1. The summed E-state index contributed by atoms with van der Waals surface area (Å²) < 4.78 is 5.56. The number of hydrogen-bond acceptors (Lipinski definition) is 7. The molecule has 1 fully saturated rings. The third kappa shape index (κ3) is 5.23. The lowest BCUT2D eigenvalue weighted by Crippen LogP contribution is -2.59. The van der Waals surface area contributed by atoms with E-state index in [4.69, 9.17) is 4.42 Å². The summed E-state index contributed by atoms with van der Waals surface area (Å²) in [6, 6.07) is 8.32. The predicted molar refractivity (Wildman–Crippen MR) is 107 cm³/mol. The maximum absolute atomic E-state index is 12.6. The highest BCUT2D eigenvalue weighted by atomic mass is 32.2. The average molecular weight is 415 g/mol. The number of aromatic nitrogens is 2. The highest BCUT2D eigenvalue weighted by molar-refractivity contribution is 7.99. The van der Waals surface area contributed by atoms with Gasteiger partial charge in [-0.3, -0.25) is 14.5 Å². The Kier molecular flexibility index (Phi) is 6.65. The molecule has 9 nitrogen and oxygen atoms in total. The lowest BCUT2D eigenvalue weighted by Gasteiger charge is -2.34. The summed E-state index contributed by atoms with van der Waals surface area (Å²) in [5, 5.41) is 13.6. The van der Waals surface area contributed by atoms with E-state index in [1.165, 1.54) is 6.08 Å². The van der Waals surface area contributed by atoms with Crippen molar-refractivity contribution in [2.75, 3.05) is 17.6 Å². The van der Waals surface area contributed by atoms with Crippen molar-refractivity contribution in [1.29, 1.82) is 0 Å². The number of benzene rings is 1. The lowest BCUT2D eigenvalue weighted by atomic mass is 9.93. The van der Waals surface area contributed by atoms with Crippen LogP contribution in [0.4, 0.5) is 10.5 Å². The van der Waals surface area contributed by atoms with Gasteiger partial charge in [0.2, 0.25) is 17.7 Å². The topological polar surface area (TPSA) is 117 Å². The Bertz CT molecular complexity index is 901. The van der Waals surface area contributed by atoms with E-state index in [1.54, 1.807) is 19.1 Å². The highest BCUT2D eigenvalue weighted by Crippen LogP contribution is 2.22. The summed E-state index contributed by atoms with van der Waals surface area (Å²) in [6.07, 6.45) is 1.68. The number of nitrogens with one attached hydrogen (secondary N) is 2. The second-order valence-corrected chi connectivity index (χ2v) is 7.38. The molecule has 0 saturated carbocycles. The van der Waals surface area contributed by atoms with Crippen molar-refractivity contribution >= 4 is 35.3 Å². The van der Waals surface area contributed by atoms with Crippen LogP contribution >= 0.6 is 11.8 Å². The van der Waals surface area contributed by atoms with Crippen LogP contribution in [0.15, 0.2) is 52.6 Å². The molecule has 0 aliphatic carbocycles. The zero-order chi connectivity index (χ0) is 20.8. The maximum atomic E-state index is 12.6. The molecule has 2 atom stereocenters. The second kappa shape index (κ2) is 9.37. The molecule has 152 valence electrons. The van der Waals surface area contributed by atoms with Gasteiger partial charge < -0.3 is 15.1 Å². The summed E-state index contributed by atoms with van der Waals surface area (Å²) in [7, 11) is 0. The highest BCUT2D eigenvalue weighted by Gasteiger charge is 2.39. The van der Waals surface area contributed by atoms with Crippen LogP contribution in [0.1, 0.15) is 12.8 Å². The van der Waals surface area contributed by atoms with Crippen molar-refractivity contribution in [1.82, 2.24) is 20.4 Å². The van der Waals surface area contributed by atoms with Crippen molar-refractivity contribution < 1.29 is 18.8 Å². The van der Waals surface area contributed by atoms with Crippen molar-refractivity contribution in [3.8, 4) is 0 Å². The molecular formula is C19H21N5O4S. The van der Waals surface area contributed by atoms with Crippen LogP contribution in [0.5, 0.6) is 0 Å². The number of amides is 4. The van der Waals surface area contributed by atoms with Gasteiger partial charge in [0.05, 0.1) is 11.7 Å². The molecule has 1 saturated heterocycles. The molecule has 3 rings (SSSR count). The minimum Gasteiger partial charge on any atom is -0.416 e. The fourth-order valence-corrected chi connectivity index (χ4v) is 3.45. The zero-order valence-electron chi connectivity index (χ0n) is 15.8. The van der Waals surface area contributed by atoms with Gasteiger partial charge in [0.25, 0.3) is 5.22 Å². The van der Waals surface area contributed by atoms with Crippen molar-refractivity contribution in [2.24, 2.45) is 5.92 Å². The standard InChI is InChI=1S/C19H21N5O4S/c1-3-9-24-17(26)14(12(2)20-18(24)27)10-16-22-23-19(28-16)29-11-15(25)21-13-7-5-4-6-8-13/h3-8,12,14H,1,9-11H2,2H3,(H,20,27)(H,21,25). The lowest BCUT2D eigenvalue weighted by molar-refractivity contribution is -0.134. The summed E-state index contributed by atoms with van der Waals surface area (Å²) >= 11 is 1.11. The number of imide groups is 1. The molecule has 2 heterocycles. The van der Waals surface area contributed by atoms with Gasteiger partial charge in [-0.15, -0.1) is 16.8 Å². The Hall–Kier alpha value is -3.14. The molecule has 1 aromatic carbocycles. The van der Waals surface area contributed by atoms with Gasteiger partial charge >= 0.3 is 6.03 Å². The van der Waals surface area contributed by atoms with E-state index in [2.05, 4.69) is 27.4 Å². The zero-order valence-corrected chi connectivity index (χ0v) is 16.6. The van der Waals surface area contributed by atoms with E-state index in [0.29, 0.717) is 5.69 Å². The molecule has 0 bridgehead atoms. The van der Waals surface area contributed by atoms with E-state index >= 15 is 0 Å². The second-order valence-electron chi connectivity index (χ2n) is 6.45. The number of carbonyl (C=O) groups is 3. The summed E-state index contributed by atoms with van der Waals surface area (Å²) in [5.41, 5.74) is 0.709. The Morgan fingerprint density at radius 3 is 2.83 bits per heavy atom. The first-order valence-electron chi connectivity index (χ1n) is 9.00. The molecule has 2 N–H and O–H groups in total. The third-order valence-corrected chi connectivity index (χ3v) is 5.14. The number of para-hydroxylation sites is 1. The van der Waals surface area contributed by atoms with Gasteiger partial charge in [-0.2, -0.15) is 0 Å². The molecule has 29 heavy (non-hydrogen) atoms. The van der Waals surface area contributed by atoms with Gasteiger partial charge in [-0.05, 0) is 19.1 Å². The Balaban J connectivity index is 1.55. The quantitative estimate of drug-likeness (QED) is 0.501. The van der Waals surface area contributed by atoms with Gasteiger partial charge in [0, 0.05) is 24.7 Å². The van der Waals surface area contributed by atoms with Crippen LogP contribution in [0, 0.1) is 5.92 Å². The monoisotopic (exact) mass is 415 g/mol. The fourth-order valence-electron chi connectivity index (χ4n) is 2.87. The van der Waals surface area contributed by atoms with Crippen LogP contribution < -0.4 is 10.6 Å². The summed E-state index contributed by atoms with van der Waals surface area (Å²) in [5.74, 6) is -0.642. The normalized spacial score (nSPS) is 19.0. The van der Waals surface area contributed by atoms with E-state index in [-0.39, 0.29) is 47.7 Å². The molecular weight excluding hydrogens is 394 g/mol. The number of nitrogens with zero attached hydrogens (tertiary/aromatic N) is 3. The smallest absolute Gasteiger partial charge is 0.324 e. The van der Waals surface area contributed by atoms with Crippen LogP contribution in [0.2, 0.25) is 0 Å². The Morgan fingerprint density at radius 2 is 2.10 bits per heavy atom. The number of hydrogen-bond donors (Lipinski definition) is 2. The van der Waals surface area contributed by atoms with Crippen LogP contribution in [0.3, 0.4) is 0 Å². The van der Waals surface area contributed by atoms with E-state index < -0.39 is 11.9 Å². The van der Waals surface area contributed by atoms with Gasteiger partial charge in [0.15, 0.2) is 0 Å². The molecule has 1 aliphatic heterocycles. The maximum Gasteiger partial charge on any atom is 0.324 e. The van der Waals surface area contributed by atoms with Crippen LogP contribution in [-0.2, 0) is 16.0 Å². The number of rotatable bonds is 8. The van der Waals surface area contributed by atoms with E-state index in [1.807, 2.05) is 18.2 Å². The van der Waals surface area contributed by atoms with Crippen molar-refractivity contribution in [2.45, 2.75) is 24.6 Å². The first-order valence-corrected chi connectivity index (χ1v) is 9.99. The number of urea groups is 1. The Labute approximate surface area is 171 Å². The third-order valence-electron chi connectivity index (χ3n) is 4.32. The van der Waals surface area contributed by atoms with Crippen LogP contribution in [0.25, 0.3) is 0 Å². The molecule has 0 radical (unpaired) electrons. The molecule has 4 amide bonds. The van der Waals surface area contributed by atoms with E-state index in [0.717, 1.165) is 16.7 Å². The fraction of sp³-hybridized carbons (Fsp3) is 0.316. The largest absolute Gasteiger partial charge is 0.416 e. The minimum atomic E-state index is -0.521. The molecule has 1 aliphatic rings. The molecule has 1 aromatic heterocycles. The van der Waals surface area contributed by atoms with Gasteiger partial charge in [0.1, 0.15) is 0 Å². The molecule has 2 aromatic rings. The number of anilines is 1. The van der Waals surface area contributed by atoms with Gasteiger partial charge in [-0.1, -0.05) is 36.0 Å². The van der Waals surface area contributed by atoms with E-state index in [9.17, 15) is 14.4 Å². The number of carbonyl (C=O) groups excluding carboxylic acids is 3. The van der Waals surface area contributed by atoms with Gasteiger partial charge in [-0.25, -0.2) is 4.79 Å². The molecule has 2 unspecified atom stereocenters. The molecule has 10 heteroatoms. The van der Waals surface area contributed by atoms with Crippen molar-refractivity contribution in [3.05, 3.63) is 48.9 Å². The first-order chi connectivity index (χ1) is 14.0. The Morgan fingerprint density at radius 1 is 1.34 bits per heavy atom. The SMILES string of the molecule is C=CCN1C(=O)NC(C)C(Cc2nnc(SCC(=O)Nc3ccccc3)o2)C1=O. The van der Waals surface area contributed by atoms with Crippen molar-refractivity contribution in [3.63, 3.8) is 0 Å². The average Bonchev–Trinajstić information content (AvgIpc) is 3.15. The summed E-state index contributed by atoms with van der Waals surface area (Å²) in [4.78, 5) is 37.7. The van der Waals surface area contributed by atoms with Crippen LogP contribution in [-0.4, -0.2) is 51.3 Å². The molecule has 0 spiro atoms. The first kappa shape index (κ1) is 20.6. The minimum absolute atomic E-state index is 0.110.